The molecule has 6 heteroatoms. The van der Waals surface area contributed by atoms with Crippen LogP contribution in [0.4, 0.5) is 5.69 Å². The number of non-ortho nitro benzene ring substituents is 1. The van der Waals surface area contributed by atoms with E-state index in [4.69, 9.17) is 4.74 Å². The Balaban J connectivity index is 1.76. The molecule has 0 saturated heterocycles. The molecule has 0 amide bonds. The van der Waals surface area contributed by atoms with Crippen molar-refractivity contribution in [2.75, 3.05) is 6.61 Å². The maximum absolute atomic E-state index is 11.6. The first-order valence-corrected chi connectivity index (χ1v) is 7.13. The van der Waals surface area contributed by atoms with Crippen LogP contribution in [-0.2, 0) is 16.0 Å². The number of hydrogen-bond donors (Lipinski definition) is 0. The number of ether oxygens (including phenoxy) is 1. The first kappa shape index (κ1) is 16.4. The van der Waals surface area contributed by atoms with E-state index in [1.54, 1.807) is 24.5 Å². The average Bonchev–Trinajstić information content (AvgIpc) is 2.58. The van der Waals surface area contributed by atoms with E-state index in [1.165, 1.54) is 24.3 Å². The first-order chi connectivity index (χ1) is 11.1. The van der Waals surface area contributed by atoms with Gasteiger partial charge in [0.05, 0.1) is 11.5 Å². The Kier molecular flexibility index (Phi) is 5.99. The molecule has 6 nitrogen and oxygen atoms in total. The fourth-order valence-corrected chi connectivity index (χ4v) is 1.95. The van der Waals surface area contributed by atoms with Crippen molar-refractivity contribution >= 4 is 17.7 Å². The molecule has 0 bridgehead atoms. The van der Waals surface area contributed by atoms with Gasteiger partial charge in [0.15, 0.2) is 0 Å². The van der Waals surface area contributed by atoms with Gasteiger partial charge in [0.2, 0.25) is 0 Å². The number of rotatable bonds is 7. The molecule has 0 saturated carbocycles. The summed E-state index contributed by atoms with van der Waals surface area (Å²) < 4.78 is 5.09. The lowest BCUT2D eigenvalue weighted by Gasteiger charge is -2.02. The van der Waals surface area contributed by atoms with E-state index in [9.17, 15) is 14.9 Å². The van der Waals surface area contributed by atoms with Crippen molar-refractivity contribution in [3.8, 4) is 0 Å². The molecular weight excluding hydrogens is 296 g/mol. The highest BCUT2D eigenvalue weighted by molar-refractivity contribution is 5.87. The van der Waals surface area contributed by atoms with E-state index in [0.29, 0.717) is 12.2 Å². The van der Waals surface area contributed by atoms with Crippen LogP contribution >= 0.6 is 0 Å². The summed E-state index contributed by atoms with van der Waals surface area (Å²) in [5, 5.41) is 10.7. The number of carbonyl (C=O) groups excluding carboxylic acids is 1. The Morgan fingerprint density at radius 2 is 2.04 bits per heavy atom. The Bertz CT molecular complexity index is 699. The lowest BCUT2D eigenvalue weighted by Crippen LogP contribution is -2.03. The van der Waals surface area contributed by atoms with Crippen molar-refractivity contribution in [1.82, 2.24) is 4.98 Å². The molecule has 0 N–H and O–H groups in total. The summed E-state index contributed by atoms with van der Waals surface area (Å²) in [5.74, 6) is -0.466. The number of aryl methyl sites for hydroxylation is 1. The summed E-state index contributed by atoms with van der Waals surface area (Å²) in [5.41, 5.74) is 1.70. The van der Waals surface area contributed by atoms with Gasteiger partial charge in [-0.2, -0.15) is 0 Å². The van der Waals surface area contributed by atoms with Gasteiger partial charge in [-0.3, -0.25) is 15.1 Å². The van der Waals surface area contributed by atoms with Gasteiger partial charge in [-0.1, -0.05) is 12.1 Å². The Morgan fingerprint density at radius 3 is 2.78 bits per heavy atom. The van der Waals surface area contributed by atoms with Gasteiger partial charge in [-0.15, -0.1) is 0 Å². The van der Waals surface area contributed by atoms with Crippen molar-refractivity contribution in [2.24, 2.45) is 0 Å². The SMILES string of the molecule is O=C(/C=C/c1cccc([N+](=O)[O-])c1)OCCCc1ccncc1. The van der Waals surface area contributed by atoms with E-state index in [2.05, 4.69) is 4.98 Å². The van der Waals surface area contributed by atoms with Crippen molar-refractivity contribution in [2.45, 2.75) is 12.8 Å². The summed E-state index contributed by atoms with van der Waals surface area (Å²) in [6, 6.07) is 9.88. The van der Waals surface area contributed by atoms with Crippen LogP contribution in [0.3, 0.4) is 0 Å². The van der Waals surface area contributed by atoms with Gasteiger partial charge in [-0.05, 0) is 42.2 Å². The lowest BCUT2D eigenvalue weighted by atomic mass is 10.1. The fourth-order valence-electron chi connectivity index (χ4n) is 1.95. The van der Waals surface area contributed by atoms with Gasteiger partial charge >= 0.3 is 5.97 Å². The molecule has 0 fully saturated rings. The van der Waals surface area contributed by atoms with Crippen LogP contribution in [0.1, 0.15) is 17.5 Å². The number of aromatic nitrogens is 1. The number of esters is 1. The summed E-state index contributed by atoms with van der Waals surface area (Å²) >= 11 is 0. The van der Waals surface area contributed by atoms with Gasteiger partial charge < -0.3 is 4.74 Å². The number of hydrogen-bond acceptors (Lipinski definition) is 5. The van der Waals surface area contributed by atoms with Crippen LogP contribution in [-0.4, -0.2) is 22.5 Å². The first-order valence-electron chi connectivity index (χ1n) is 7.13. The highest BCUT2D eigenvalue weighted by atomic mass is 16.6. The summed E-state index contributed by atoms with van der Waals surface area (Å²) in [4.78, 5) is 25.7. The highest BCUT2D eigenvalue weighted by Crippen LogP contribution is 2.14. The van der Waals surface area contributed by atoms with Crippen molar-refractivity contribution < 1.29 is 14.5 Å². The van der Waals surface area contributed by atoms with E-state index in [1.807, 2.05) is 12.1 Å². The maximum atomic E-state index is 11.6. The van der Waals surface area contributed by atoms with Crippen molar-refractivity contribution in [3.05, 3.63) is 76.1 Å². The predicted octanol–water partition coefficient (Wildman–Crippen LogP) is 3.18. The summed E-state index contributed by atoms with van der Waals surface area (Å²) in [6.45, 7) is 0.320. The van der Waals surface area contributed by atoms with E-state index < -0.39 is 10.9 Å². The number of pyridine rings is 1. The van der Waals surface area contributed by atoms with Crippen LogP contribution in [0.25, 0.3) is 6.08 Å². The third-order valence-corrected chi connectivity index (χ3v) is 3.10. The Hall–Kier alpha value is -3.02. The zero-order valence-electron chi connectivity index (χ0n) is 12.4. The molecule has 2 rings (SSSR count). The molecule has 1 aromatic carbocycles. The molecule has 0 aliphatic rings. The minimum Gasteiger partial charge on any atom is -0.463 e. The Labute approximate surface area is 133 Å². The number of carbonyl (C=O) groups is 1. The van der Waals surface area contributed by atoms with E-state index >= 15 is 0 Å². The predicted molar refractivity (Wildman–Crippen MR) is 85.6 cm³/mol. The third kappa shape index (κ3) is 5.70. The fraction of sp³-hybridized carbons (Fsp3) is 0.176. The molecule has 0 unspecified atom stereocenters. The zero-order valence-corrected chi connectivity index (χ0v) is 12.4. The standard InChI is InChI=1S/C17H16N2O4/c20-17(23-12-2-4-14-8-10-18-11-9-14)7-6-15-3-1-5-16(13-15)19(21)22/h1,3,5-11,13H,2,4,12H2/b7-6+. The molecule has 0 aliphatic carbocycles. The van der Waals surface area contributed by atoms with Crippen molar-refractivity contribution in [3.63, 3.8) is 0 Å². The molecule has 2 aromatic rings. The molecular formula is C17H16N2O4. The quantitative estimate of drug-likeness (QED) is 0.258. The maximum Gasteiger partial charge on any atom is 0.330 e. The number of nitro benzene ring substituents is 1. The second kappa shape index (κ2) is 8.43. The van der Waals surface area contributed by atoms with Gasteiger partial charge in [0.25, 0.3) is 5.69 Å². The molecule has 0 aliphatic heterocycles. The summed E-state index contributed by atoms with van der Waals surface area (Å²) in [7, 11) is 0. The number of nitro groups is 1. The smallest absolute Gasteiger partial charge is 0.330 e. The third-order valence-electron chi connectivity index (χ3n) is 3.10. The normalized spacial score (nSPS) is 10.6. The molecule has 0 atom stereocenters. The van der Waals surface area contributed by atoms with Crippen molar-refractivity contribution in [1.29, 1.82) is 0 Å². The molecule has 1 aromatic heterocycles. The monoisotopic (exact) mass is 312 g/mol. The minimum atomic E-state index is -0.477. The molecule has 23 heavy (non-hydrogen) atoms. The molecule has 0 spiro atoms. The molecule has 0 radical (unpaired) electrons. The van der Waals surface area contributed by atoms with Crippen LogP contribution in [0.2, 0.25) is 0 Å². The highest BCUT2D eigenvalue weighted by Gasteiger charge is 2.04. The zero-order chi connectivity index (χ0) is 16.5. The molecule has 118 valence electrons. The number of benzene rings is 1. The van der Waals surface area contributed by atoms with Gasteiger partial charge in [-0.25, -0.2) is 4.79 Å². The van der Waals surface area contributed by atoms with E-state index in [0.717, 1.165) is 18.4 Å². The molecule has 1 heterocycles. The van der Waals surface area contributed by atoms with E-state index in [-0.39, 0.29) is 5.69 Å². The second-order valence-electron chi connectivity index (χ2n) is 4.81. The Morgan fingerprint density at radius 1 is 1.26 bits per heavy atom. The van der Waals surface area contributed by atoms with Crippen LogP contribution < -0.4 is 0 Å². The lowest BCUT2D eigenvalue weighted by molar-refractivity contribution is -0.384. The minimum absolute atomic E-state index is 0.0159. The van der Waals surface area contributed by atoms with Crippen LogP contribution in [0.5, 0.6) is 0 Å². The average molecular weight is 312 g/mol. The van der Waals surface area contributed by atoms with Gasteiger partial charge in [0.1, 0.15) is 0 Å². The van der Waals surface area contributed by atoms with Crippen LogP contribution in [0, 0.1) is 10.1 Å². The second-order valence-corrected chi connectivity index (χ2v) is 4.81. The largest absolute Gasteiger partial charge is 0.463 e. The van der Waals surface area contributed by atoms with Crippen LogP contribution in [0.15, 0.2) is 54.9 Å². The van der Waals surface area contributed by atoms with Gasteiger partial charge in [0, 0.05) is 30.6 Å². The topological polar surface area (TPSA) is 82.3 Å². The number of nitrogens with zero attached hydrogens (tertiary/aromatic N) is 2. The summed E-state index contributed by atoms with van der Waals surface area (Å²) in [6.07, 6.45) is 7.75.